The number of fused-ring (bicyclic) bond motifs is 2. The van der Waals surface area contributed by atoms with Crippen LogP contribution in [0.3, 0.4) is 0 Å². The number of aryl methyl sites for hydroxylation is 1. The number of benzene rings is 1. The molecule has 3 unspecified atom stereocenters. The molecule has 3 atom stereocenters. The summed E-state index contributed by atoms with van der Waals surface area (Å²) in [6.07, 6.45) is -1.55. The van der Waals surface area contributed by atoms with Gasteiger partial charge in [-0.2, -0.15) is 18.4 Å². The van der Waals surface area contributed by atoms with Gasteiger partial charge in [0.2, 0.25) is 5.91 Å². The Morgan fingerprint density at radius 3 is 2.24 bits per heavy atom. The van der Waals surface area contributed by atoms with Gasteiger partial charge < -0.3 is 20.5 Å². The number of pyridine rings is 1. The first-order valence-electron chi connectivity index (χ1n) is 13.1. The maximum absolute atomic E-state index is 12.0. The number of hydrogen-bond acceptors (Lipinski definition) is 5. The number of aromatic nitrogens is 1. The third kappa shape index (κ3) is 10.1. The minimum atomic E-state index is -4.74. The van der Waals surface area contributed by atoms with Crippen LogP contribution in [0.15, 0.2) is 24.5 Å². The Kier molecular flexibility index (Phi) is 13.8. The third-order valence-electron chi connectivity index (χ3n) is 7.23. The molecule has 1 saturated carbocycles. The van der Waals surface area contributed by atoms with E-state index in [4.69, 9.17) is 21.7 Å². The Bertz CT molecular complexity index is 1280. The zero-order chi connectivity index (χ0) is 31.3. The Labute approximate surface area is 274 Å². The smallest absolute Gasteiger partial charge is 0.471 e. The molecule has 0 bridgehead atoms. The molecule has 2 aromatic rings. The van der Waals surface area contributed by atoms with E-state index in [0.717, 1.165) is 48.3 Å². The van der Waals surface area contributed by atoms with E-state index in [0.29, 0.717) is 28.3 Å². The maximum atomic E-state index is 12.0. The molecule has 1 aliphatic heterocycles. The van der Waals surface area contributed by atoms with Gasteiger partial charge in [0.1, 0.15) is 0 Å². The van der Waals surface area contributed by atoms with Crippen molar-refractivity contribution in [2.45, 2.75) is 60.2 Å². The summed E-state index contributed by atoms with van der Waals surface area (Å²) in [5, 5.41) is 12.8. The molecule has 2 heterocycles. The molecular weight excluding hydrogens is 797 g/mol. The van der Waals surface area contributed by atoms with Crippen molar-refractivity contribution in [3.05, 3.63) is 46.2 Å². The van der Waals surface area contributed by atoms with Gasteiger partial charge in [-0.25, -0.2) is 0 Å². The average molecular weight is 835 g/mol. The minimum Gasteiger partial charge on any atom is -0.536 e. The van der Waals surface area contributed by atoms with Crippen molar-refractivity contribution >= 4 is 34.2 Å². The summed E-state index contributed by atoms with van der Waals surface area (Å²) >= 11 is 6.25. The van der Waals surface area contributed by atoms with Gasteiger partial charge in [0.25, 0.3) is 0 Å². The van der Waals surface area contributed by atoms with Gasteiger partial charge in [0, 0.05) is 91.4 Å². The molecule has 13 heteroatoms. The van der Waals surface area contributed by atoms with E-state index in [1.807, 2.05) is 25.1 Å². The van der Waals surface area contributed by atoms with Gasteiger partial charge in [-0.15, -0.1) is 7.05 Å². The number of rotatable bonds is 4. The summed E-state index contributed by atoms with van der Waals surface area (Å²) in [6.45, 7) is 15.0. The topological polar surface area (TPSA) is 109 Å². The number of carbonyl (C=O) groups excluding carboxylic acids is 2. The van der Waals surface area contributed by atoms with Crippen molar-refractivity contribution in [3.63, 3.8) is 0 Å². The Hall–Kier alpha value is -1.89. The van der Waals surface area contributed by atoms with Crippen LogP contribution in [0, 0.1) is 72.0 Å². The number of piperidine rings is 1. The molecular formula is C29H38ClF3N5O3U-. The van der Waals surface area contributed by atoms with E-state index in [1.54, 1.807) is 12.4 Å². The second kappa shape index (κ2) is 15.2. The molecule has 2 fully saturated rings. The van der Waals surface area contributed by atoms with Crippen molar-refractivity contribution in [1.29, 1.82) is 5.26 Å². The van der Waals surface area contributed by atoms with Gasteiger partial charge in [-0.05, 0) is 47.3 Å². The number of hydroxylamine groups is 1. The quantitative estimate of drug-likeness (QED) is 0.353. The van der Waals surface area contributed by atoms with Gasteiger partial charge in [-0.3, -0.25) is 14.6 Å². The van der Waals surface area contributed by atoms with E-state index >= 15 is 0 Å². The van der Waals surface area contributed by atoms with Crippen LogP contribution in [-0.2, 0) is 14.4 Å². The number of likely N-dealkylation sites (tertiary alicyclic amines) is 1. The Morgan fingerprint density at radius 1 is 1.24 bits per heavy atom. The number of alkyl halides is 3. The second-order valence-electron chi connectivity index (χ2n) is 12.0. The van der Waals surface area contributed by atoms with Crippen LogP contribution in [0.1, 0.15) is 58.3 Å². The molecule has 42 heavy (non-hydrogen) atoms. The zero-order valence-corrected chi connectivity index (χ0v) is 30.1. The number of carbonyl (C=O) groups is 2. The van der Waals surface area contributed by atoms with Crippen molar-refractivity contribution in [3.8, 4) is 6.07 Å². The van der Waals surface area contributed by atoms with Crippen LogP contribution in [0.5, 0.6) is 0 Å². The number of nitriles is 1. The number of halogens is 4. The first-order valence-corrected chi connectivity index (χ1v) is 13.5. The normalized spacial score (nSPS) is 19.1. The summed E-state index contributed by atoms with van der Waals surface area (Å²) in [6, 6.07) is 5.86. The molecule has 1 saturated heterocycles. The van der Waals surface area contributed by atoms with E-state index in [-0.39, 0.29) is 36.5 Å². The number of nitrogens with zero attached hydrogens (tertiary/aromatic N) is 4. The molecule has 0 radical (unpaired) electrons. The standard InChI is InChI=1S/C13H11ClN3O.C13H23NO.C3H4F3NO.U/c1-8-3-9-6-17-7-10(12(5-15)18-16-2)13(9)11(14)4-8;1-12(2,3)6-11(15)14-7-9-10(8-14)13(9,4)5;1-7-2(8)3(4,5)6;/h3-4,6-7,12H,1-2H3;9-10H,6-8H2,1-5H3;1H3,(H,7,8);/q-1;;;. The molecule has 0 spiro atoms. The fourth-order valence-corrected chi connectivity index (χ4v) is 5.33. The second-order valence-corrected chi connectivity index (χ2v) is 12.4. The largest absolute Gasteiger partial charge is 0.536 e. The monoisotopic (exact) mass is 834 g/mol. The van der Waals surface area contributed by atoms with Crippen LogP contribution in [0.2, 0.25) is 5.02 Å². The van der Waals surface area contributed by atoms with Crippen LogP contribution < -0.4 is 5.32 Å². The van der Waals surface area contributed by atoms with Crippen LogP contribution in [0.4, 0.5) is 13.2 Å². The molecule has 2 aliphatic rings. The predicted molar refractivity (Wildman–Crippen MR) is 152 cm³/mol. The van der Waals surface area contributed by atoms with Gasteiger partial charge in [0.05, 0.1) is 6.07 Å². The molecule has 1 N–H and O–H groups in total. The molecule has 4 rings (SSSR count). The predicted octanol–water partition coefficient (Wildman–Crippen LogP) is 6.53. The minimum absolute atomic E-state index is 0. The van der Waals surface area contributed by atoms with Crippen LogP contribution >= 0.6 is 11.6 Å². The fourth-order valence-electron chi connectivity index (χ4n) is 4.93. The summed E-state index contributed by atoms with van der Waals surface area (Å²) in [4.78, 5) is 32.8. The third-order valence-corrected chi connectivity index (χ3v) is 7.53. The Morgan fingerprint density at radius 2 is 1.81 bits per heavy atom. The van der Waals surface area contributed by atoms with Crippen molar-refractivity contribution in [2.24, 2.45) is 22.7 Å². The van der Waals surface area contributed by atoms with Crippen molar-refractivity contribution in [2.75, 3.05) is 27.2 Å². The van der Waals surface area contributed by atoms with Gasteiger partial charge >= 0.3 is 12.1 Å². The summed E-state index contributed by atoms with van der Waals surface area (Å²) in [5.41, 5.74) is 5.85. The first-order chi connectivity index (χ1) is 18.9. The molecule has 1 aliphatic carbocycles. The molecule has 1 aromatic carbocycles. The van der Waals surface area contributed by atoms with Gasteiger partial charge in [-0.1, -0.05) is 46.2 Å². The van der Waals surface area contributed by atoms with Crippen molar-refractivity contribution in [1.82, 2.24) is 15.2 Å². The number of hydrogen-bond donors (Lipinski definition) is 1. The van der Waals surface area contributed by atoms with E-state index < -0.39 is 18.2 Å². The van der Waals surface area contributed by atoms with E-state index in [9.17, 15) is 22.8 Å². The number of amides is 2. The molecule has 230 valence electrons. The molecule has 8 nitrogen and oxygen atoms in total. The summed E-state index contributed by atoms with van der Waals surface area (Å²) < 4.78 is 33.1. The average Bonchev–Trinajstić information content (AvgIpc) is 3.18. The van der Waals surface area contributed by atoms with Crippen molar-refractivity contribution < 1.29 is 58.7 Å². The molecule has 1 aromatic heterocycles. The first kappa shape index (κ1) is 38.1. The fraction of sp³-hybridized carbons (Fsp3) is 0.586. The Balaban J connectivity index is 0.000000334. The number of nitrogens with one attached hydrogen (secondary N) is 1. The van der Waals surface area contributed by atoms with Crippen LogP contribution in [0.25, 0.3) is 16.3 Å². The zero-order valence-electron chi connectivity index (χ0n) is 25.2. The van der Waals surface area contributed by atoms with Crippen LogP contribution in [-0.4, -0.2) is 55.1 Å². The van der Waals surface area contributed by atoms with E-state index in [1.165, 1.54) is 12.4 Å². The molecule has 2 amide bonds. The summed E-state index contributed by atoms with van der Waals surface area (Å²) in [7, 11) is 2.41. The maximum Gasteiger partial charge on any atom is 0.471 e. The van der Waals surface area contributed by atoms with Gasteiger partial charge in [0.15, 0.2) is 6.10 Å². The summed E-state index contributed by atoms with van der Waals surface area (Å²) in [5.74, 6) is -0.00848. The van der Waals surface area contributed by atoms with E-state index in [2.05, 4.69) is 50.0 Å². The SMILES string of the molecule is CC(C)(C)CC(=O)N1CC2C(C1)C2(C)C.CNC(=O)C(F)(F)F.C[N-]OC(C#N)c1cncc2cc(C)cc(Cl)c12.[U].